The third-order valence-electron chi connectivity index (χ3n) is 3.59. The number of hydrogen-bond acceptors (Lipinski definition) is 2. The van der Waals surface area contributed by atoms with Crippen molar-refractivity contribution in [2.75, 3.05) is 13.2 Å². The summed E-state index contributed by atoms with van der Waals surface area (Å²) in [6.07, 6.45) is 0. The van der Waals surface area contributed by atoms with Crippen molar-refractivity contribution < 1.29 is 4.74 Å². The molecule has 0 atom stereocenters. The first-order chi connectivity index (χ1) is 9.42. The normalized spacial score (nSPS) is 15.4. The molecule has 1 saturated heterocycles. The number of hydrogen-bond donors (Lipinski definition) is 0. The van der Waals surface area contributed by atoms with Crippen LogP contribution >= 0.6 is 0 Å². The van der Waals surface area contributed by atoms with E-state index in [1.165, 1.54) is 11.1 Å². The molecule has 2 nitrogen and oxygen atoms in total. The van der Waals surface area contributed by atoms with Gasteiger partial charge in [0.1, 0.15) is 0 Å². The molecule has 1 heterocycles. The van der Waals surface area contributed by atoms with Crippen LogP contribution in [0.2, 0.25) is 0 Å². The smallest absolute Gasteiger partial charge is 0.0645 e. The van der Waals surface area contributed by atoms with Crippen LogP contribution < -0.4 is 0 Å². The fourth-order valence-corrected chi connectivity index (χ4v) is 2.38. The zero-order valence-electron chi connectivity index (χ0n) is 11.0. The van der Waals surface area contributed by atoms with Gasteiger partial charge in [0.05, 0.1) is 19.3 Å². The highest BCUT2D eigenvalue weighted by Crippen LogP contribution is 2.18. The van der Waals surface area contributed by atoms with E-state index in [0.29, 0.717) is 6.04 Å². The first kappa shape index (κ1) is 12.4. The zero-order valence-corrected chi connectivity index (χ0v) is 11.0. The molecule has 19 heavy (non-hydrogen) atoms. The highest BCUT2D eigenvalue weighted by molar-refractivity contribution is 5.17. The highest BCUT2D eigenvalue weighted by Gasteiger charge is 2.25. The van der Waals surface area contributed by atoms with E-state index in [9.17, 15) is 0 Å². The van der Waals surface area contributed by atoms with Crippen LogP contribution in [0.5, 0.6) is 0 Å². The quantitative estimate of drug-likeness (QED) is 0.812. The Balaban J connectivity index is 1.71. The number of rotatable bonds is 5. The maximum absolute atomic E-state index is 5.35. The summed E-state index contributed by atoms with van der Waals surface area (Å²) in [5.41, 5.74) is 2.73. The standard InChI is InChI=1S/C17H19NO/c1-3-7-15(8-4-1)11-18(17-13-19-14-17)12-16-9-5-2-6-10-16/h1-10,17H,11-14H2. The van der Waals surface area contributed by atoms with Crippen LogP contribution in [0, 0.1) is 0 Å². The minimum Gasteiger partial charge on any atom is -0.378 e. The van der Waals surface area contributed by atoms with Crippen LogP contribution in [-0.2, 0) is 17.8 Å². The Morgan fingerprint density at radius 2 is 1.26 bits per heavy atom. The minimum absolute atomic E-state index is 0.556. The van der Waals surface area contributed by atoms with Crippen molar-refractivity contribution in [1.82, 2.24) is 4.90 Å². The second-order valence-electron chi connectivity index (χ2n) is 5.07. The largest absolute Gasteiger partial charge is 0.378 e. The molecule has 1 aliphatic rings. The molecule has 0 unspecified atom stereocenters. The highest BCUT2D eigenvalue weighted by atomic mass is 16.5. The molecule has 0 saturated carbocycles. The van der Waals surface area contributed by atoms with E-state index in [2.05, 4.69) is 65.6 Å². The fourth-order valence-electron chi connectivity index (χ4n) is 2.38. The van der Waals surface area contributed by atoms with E-state index >= 15 is 0 Å². The lowest BCUT2D eigenvalue weighted by Gasteiger charge is -2.37. The lowest BCUT2D eigenvalue weighted by Crippen LogP contribution is -2.48. The fraction of sp³-hybridized carbons (Fsp3) is 0.294. The first-order valence-electron chi connectivity index (χ1n) is 6.81. The van der Waals surface area contributed by atoms with Gasteiger partial charge in [-0.3, -0.25) is 4.90 Å². The second-order valence-corrected chi connectivity index (χ2v) is 5.07. The molecular formula is C17H19NO. The average Bonchev–Trinajstić information content (AvgIpc) is 2.39. The van der Waals surface area contributed by atoms with E-state index in [1.54, 1.807) is 0 Å². The van der Waals surface area contributed by atoms with Crippen molar-refractivity contribution in [2.45, 2.75) is 19.1 Å². The maximum Gasteiger partial charge on any atom is 0.0645 e. The van der Waals surface area contributed by atoms with Gasteiger partial charge in [0.25, 0.3) is 0 Å². The Morgan fingerprint density at radius 3 is 1.63 bits per heavy atom. The van der Waals surface area contributed by atoms with Crippen LogP contribution in [-0.4, -0.2) is 24.2 Å². The van der Waals surface area contributed by atoms with Gasteiger partial charge in [-0.15, -0.1) is 0 Å². The van der Waals surface area contributed by atoms with E-state index in [0.717, 1.165) is 26.3 Å². The van der Waals surface area contributed by atoms with Crippen LogP contribution in [0.15, 0.2) is 60.7 Å². The molecular weight excluding hydrogens is 234 g/mol. The molecule has 2 aromatic rings. The van der Waals surface area contributed by atoms with E-state index in [1.807, 2.05) is 0 Å². The molecule has 1 fully saturated rings. The predicted molar refractivity (Wildman–Crippen MR) is 76.7 cm³/mol. The Labute approximate surface area is 114 Å². The molecule has 2 heteroatoms. The van der Waals surface area contributed by atoms with Gasteiger partial charge in [0.2, 0.25) is 0 Å². The lowest BCUT2D eigenvalue weighted by atomic mass is 10.1. The number of benzene rings is 2. The number of ether oxygens (including phenoxy) is 1. The molecule has 0 radical (unpaired) electrons. The molecule has 0 amide bonds. The SMILES string of the molecule is c1ccc(CN(Cc2ccccc2)C2COC2)cc1. The van der Waals surface area contributed by atoms with Crippen LogP contribution in [0.25, 0.3) is 0 Å². The van der Waals surface area contributed by atoms with Crippen LogP contribution in [0.3, 0.4) is 0 Å². The van der Waals surface area contributed by atoms with Gasteiger partial charge in [-0.1, -0.05) is 60.7 Å². The summed E-state index contributed by atoms with van der Waals surface area (Å²) in [4.78, 5) is 2.51. The minimum atomic E-state index is 0.556. The van der Waals surface area contributed by atoms with E-state index < -0.39 is 0 Å². The molecule has 98 valence electrons. The Morgan fingerprint density at radius 1 is 0.789 bits per heavy atom. The topological polar surface area (TPSA) is 12.5 Å². The molecule has 2 aromatic carbocycles. The van der Waals surface area contributed by atoms with Crippen molar-refractivity contribution in [2.24, 2.45) is 0 Å². The van der Waals surface area contributed by atoms with E-state index in [-0.39, 0.29) is 0 Å². The summed E-state index contributed by atoms with van der Waals surface area (Å²) in [5.74, 6) is 0. The summed E-state index contributed by atoms with van der Waals surface area (Å²) in [6, 6.07) is 21.9. The summed E-state index contributed by atoms with van der Waals surface area (Å²) in [5, 5.41) is 0. The van der Waals surface area contributed by atoms with Gasteiger partial charge in [-0.25, -0.2) is 0 Å². The van der Waals surface area contributed by atoms with Crippen molar-refractivity contribution in [3.8, 4) is 0 Å². The molecule has 0 aliphatic carbocycles. The van der Waals surface area contributed by atoms with Gasteiger partial charge < -0.3 is 4.74 Å². The van der Waals surface area contributed by atoms with Crippen molar-refractivity contribution in [3.63, 3.8) is 0 Å². The average molecular weight is 253 g/mol. The van der Waals surface area contributed by atoms with Gasteiger partial charge in [0, 0.05) is 13.1 Å². The Bertz CT molecular complexity index is 452. The molecule has 0 N–H and O–H groups in total. The maximum atomic E-state index is 5.35. The van der Waals surface area contributed by atoms with Crippen LogP contribution in [0.1, 0.15) is 11.1 Å². The zero-order chi connectivity index (χ0) is 12.9. The molecule has 0 spiro atoms. The molecule has 1 aliphatic heterocycles. The second kappa shape index (κ2) is 6.00. The van der Waals surface area contributed by atoms with Gasteiger partial charge in [0.15, 0.2) is 0 Å². The Hall–Kier alpha value is -1.64. The first-order valence-corrected chi connectivity index (χ1v) is 6.81. The van der Waals surface area contributed by atoms with Crippen molar-refractivity contribution >= 4 is 0 Å². The third-order valence-corrected chi connectivity index (χ3v) is 3.59. The lowest BCUT2D eigenvalue weighted by molar-refractivity contribution is -0.0712. The van der Waals surface area contributed by atoms with Gasteiger partial charge >= 0.3 is 0 Å². The van der Waals surface area contributed by atoms with E-state index in [4.69, 9.17) is 4.74 Å². The van der Waals surface area contributed by atoms with Crippen molar-refractivity contribution in [1.29, 1.82) is 0 Å². The molecule has 0 aromatic heterocycles. The van der Waals surface area contributed by atoms with Gasteiger partial charge in [-0.2, -0.15) is 0 Å². The molecule has 0 bridgehead atoms. The summed E-state index contributed by atoms with van der Waals surface area (Å²) >= 11 is 0. The predicted octanol–water partition coefficient (Wildman–Crippen LogP) is 3.09. The van der Waals surface area contributed by atoms with Crippen molar-refractivity contribution in [3.05, 3.63) is 71.8 Å². The monoisotopic (exact) mass is 253 g/mol. The van der Waals surface area contributed by atoms with Crippen LogP contribution in [0.4, 0.5) is 0 Å². The van der Waals surface area contributed by atoms with Gasteiger partial charge in [-0.05, 0) is 11.1 Å². The molecule has 3 rings (SSSR count). The number of nitrogens with zero attached hydrogens (tertiary/aromatic N) is 1. The third kappa shape index (κ3) is 3.22. The summed E-state index contributed by atoms with van der Waals surface area (Å²) in [7, 11) is 0. The summed E-state index contributed by atoms with van der Waals surface area (Å²) in [6.45, 7) is 3.70. The Kier molecular flexibility index (Phi) is 3.92. The summed E-state index contributed by atoms with van der Waals surface area (Å²) < 4.78 is 5.35.